The van der Waals surface area contributed by atoms with Crippen LogP contribution in [-0.4, -0.2) is 24.0 Å². The smallest absolute Gasteiger partial charge is 0.269 e. The number of benzene rings is 3. The van der Waals surface area contributed by atoms with Crippen LogP contribution in [0.25, 0.3) is 10.8 Å². The van der Waals surface area contributed by atoms with Crippen molar-refractivity contribution in [3.63, 3.8) is 0 Å². The maximum Gasteiger partial charge on any atom is 0.269 e. The molecule has 0 radical (unpaired) electrons. The molecule has 0 N–H and O–H groups in total. The summed E-state index contributed by atoms with van der Waals surface area (Å²) in [6.07, 6.45) is 0. The number of hydrogen-bond donors (Lipinski definition) is 0. The Morgan fingerprint density at radius 3 is 2.38 bits per heavy atom. The van der Waals surface area contributed by atoms with E-state index < -0.39 is 4.92 Å². The first-order valence-electron chi connectivity index (χ1n) is 8.25. The number of nitro benzene ring substituents is 1. The van der Waals surface area contributed by atoms with Crippen molar-refractivity contribution in [1.82, 2.24) is 0 Å². The van der Waals surface area contributed by atoms with E-state index in [2.05, 4.69) is 0 Å². The summed E-state index contributed by atoms with van der Waals surface area (Å²) >= 11 is 0. The van der Waals surface area contributed by atoms with E-state index >= 15 is 0 Å². The highest BCUT2D eigenvalue weighted by Crippen LogP contribution is 2.23. The van der Waals surface area contributed by atoms with Crippen LogP contribution in [0.15, 0.2) is 66.7 Å². The van der Waals surface area contributed by atoms with E-state index in [9.17, 15) is 14.9 Å². The van der Waals surface area contributed by atoms with E-state index in [0.717, 1.165) is 16.5 Å². The summed E-state index contributed by atoms with van der Waals surface area (Å²) in [4.78, 5) is 24.4. The van der Waals surface area contributed by atoms with Gasteiger partial charge in [0, 0.05) is 24.4 Å². The predicted octanol–water partition coefficient (Wildman–Crippen LogP) is 4.18. The van der Waals surface area contributed by atoms with E-state index in [1.807, 2.05) is 49.4 Å². The van der Waals surface area contributed by atoms with E-state index in [0.29, 0.717) is 12.3 Å². The largest absolute Gasteiger partial charge is 0.484 e. The number of fused-ring (bicyclic) bond motifs is 1. The minimum absolute atomic E-state index is 0.0185. The fraction of sp³-hybridized carbons (Fsp3) is 0.150. The summed E-state index contributed by atoms with van der Waals surface area (Å²) in [5.41, 5.74) is 0.790. The van der Waals surface area contributed by atoms with Crippen LogP contribution >= 0.6 is 0 Å². The molecular formula is C20H18N2O4. The van der Waals surface area contributed by atoms with Gasteiger partial charge in [-0.15, -0.1) is 0 Å². The Kier molecular flexibility index (Phi) is 5.12. The number of carbonyl (C=O) groups is 1. The molecule has 0 atom stereocenters. The summed E-state index contributed by atoms with van der Waals surface area (Å²) in [5, 5.41) is 12.8. The summed E-state index contributed by atoms with van der Waals surface area (Å²) < 4.78 is 5.48. The highest BCUT2D eigenvalue weighted by Gasteiger charge is 2.15. The first-order valence-corrected chi connectivity index (χ1v) is 8.25. The Labute approximate surface area is 150 Å². The van der Waals surface area contributed by atoms with Crippen LogP contribution in [0.5, 0.6) is 5.75 Å². The lowest BCUT2D eigenvalue weighted by Crippen LogP contribution is -2.34. The molecular weight excluding hydrogens is 332 g/mol. The molecule has 0 aliphatic carbocycles. The van der Waals surface area contributed by atoms with Gasteiger partial charge in [0.2, 0.25) is 0 Å². The Morgan fingerprint density at radius 2 is 1.73 bits per heavy atom. The SMILES string of the molecule is CCN(C(=O)COc1ccc([N+](=O)[O-])cc1)c1ccc2ccccc2c1. The zero-order chi connectivity index (χ0) is 18.5. The molecule has 0 saturated heterocycles. The molecule has 3 rings (SSSR count). The Balaban J connectivity index is 1.70. The van der Waals surface area contributed by atoms with Crippen LogP contribution in [0.1, 0.15) is 6.92 Å². The number of rotatable bonds is 6. The lowest BCUT2D eigenvalue weighted by atomic mass is 10.1. The van der Waals surface area contributed by atoms with Crippen molar-refractivity contribution in [2.24, 2.45) is 0 Å². The fourth-order valence-corrected chi connectivity index (χ4v) is 2.73. The van der Waals surface area contributed by atoms with Gasteiger partial charge in [0.1, 0.15) is 5.75 Å². The van der Waals surface area contributed by atoms with Gasteiger partial charge in [0.25, 0.3) is 11.6 Å². The standard InChI is InChI=1S/C20H18N2O4/c1-2-21(18-8-7-15-5-3-4-6-16(15)13-18)20(23)14-26-19-11-9-17(10-12-19)22(24)25/h3-13H,2,14H2,1H3. The highest BCUT2D eigenvalue weighted by molar-refractivity contribution is 5.97. The normalized spacial score (nSPS) is 10.5. The van der Waals surface area contributed by atoms with Crippen LogP contribution < -0.4 is 9.64 Å². The number of nitrogens with zero attached hydrogens (tertiary/aromatic N) is 2. The van der Waals surface area contributed by atoms with Gasteiger partial charge < -0.3 is 9.64 Å². The number of likely N-dealkylation sites (N-methyl/N-ethyl adjacent to an activating group) is 1. The molecule has 0 fully saturated rings. The Morgan fingerprint density at radius 1 is 1.04 bits per heavy atom. The zero-order valence-electron chi connectivity index (χ0n) is 14.3. The third-order valence-corrected chi connectivity index (χ3v) is 4.07. The number of ether oxygens (including phenoxy) is 1. The Bertz CT molecular complexity index is 938. The van der Waals surface area contributed by atoms with Gasteiger partial charge >= 0.3 is 0 Å². The quantitative estimate of drug-likeness (QED) is 0.494. The molecule has 0 aliphatic heterocycles. The van der Waals surface area contributed by atoms with Crippen LogP contribution in [0.2, 0.25) is 0 Å². The van der Waals surface area contributed by atoms with Gasteiger partial charge in [-0.25, -0.2) is 0 Å². The van der Waals surface area contributed by atoms with Gasteiger partial charge in [-0.1, -0.05) is 30.3 Å². The minimum atomic E-state index is -0.479. The molecule has 0 aromatic heterocycles. The molecule has 6 heteroatoms. The summed E-state index contributed by atoms with van der Waals surface area (Å²) in [6.45, 7) is 2.28. The molecule has 0 saturated carbocycles. The lowest BCUT2D eigenvalue weighted by Gasteiger charge is -2.21. The zero-order valence-corrected chi connectivity index (χ0v) is 14.3. The Hall–Kier alpha value is -3.41. The van der Waals surface area contributed by atoms with Crippen LogP contribution in [-0.2, 0) is 4.79 Å². The third-order valence-electron chi connectivity index (χ3n) is 4.07. The van der Waals surface area contributed by atoms with Gasteiger partial charge in [-0.05, 0) is 42.0 Å². The average Bonchev–Trinajstić information content (AvgIpc) is 2.67. The van der Waals surface area contributed by atoms with Crippen molar-refractivity contribution in [2.75, 3.05) is 18.1 Å². The second-order valence-corrected chi connectivity index (χ2v) is 5.71. The van der Waals surface area contributed by atoms with Crippen molar-refractivity contribution >= 4 is 28.1 Å². The average molecular weight is 350 g/mol. The van der Waals surface area contributed by atoms with Gasteiger partial charge in [-0.3, -0.25) is 14.9 Å². The second kappa shape index (κ2) is 7.65. The van der Waals surface area contributed by atoms with Crippen molar-refractivity contribution < 1.29 is 14.5 Å². The summed E-state index contributed by atoms with van der Waals surface area (Å²) in [5.74, 6) is 0.236. The van der Waals surface area contributed by atoms with Crippen LogP contribution in [0.3, 0.4) is 0 Å². The third kappa shape index (κ3) is 3.80. The van der Waals surface area contributed by atoms with Gasteiger partial charge in [-0.2, -0.15) is 0 Å². The van der Waals surface area contributed by atoms with Crippen molar-refractivity contribution in [3.05, 3.63) is 76.8 Å². The first kappa shape index (κ1) is 17.4. The van der Waals surface area contributed by atoms with E-state index in [4.69, 9.17) is 4.74 Å². The molecule has 0 unspecified atom stereocenters. The van der Waals surface area contributed by atoms with E-state index in [1.165, 1.54) is 24.3 Å². The molecule has 26 heavy (non-hydrogen) atoms. The monoisotopic (exact) mass is 350 g/mol. The minimum Gasteiger partial charge on any atom is -0.484 e. The van der Waals surface area contributed by atoms with Gasteiger partial charge in [0.15, 0.2) is 6.61 Å². The lowest BCUT2D eigenvalue weighted by molar-refractivity contribution is -0.384. The number of carbonyl (C=O) groups excluding carboxylic acids is 1. The van der Waals surface area contributed by atoms with Crippen LogP contribution in [0, 0.1) is 10.1 Å². The number of anilines is 1. The van der Waals surface area contributed by atoms with E-state index in [1.54, 1.807) is 4.90 Å². The fourth-order valence-electron chi connectivity index (χ4n) is 2.73. The highest BCUT2D eigenvalue weighted by atomic mass is 16.6. The summed E-state index contributed by atoms with van der Waals surface area (Å²) in [7, 11) is 0. The van der Waals surface area contributed by atoms with Crippen molar-refractivity contribution in [1.29, 1.82) is 0 Å². The molecule has 6 nitrogen and oxygen atoms in total. The molecule has 3 aromatic rings. The second-order valence-electron chi connectivity index (χ2n) is 5.71. The van der Waals surface area contributed by atoms with Crippen LogP contribution in [0.4, 0.5) is 11.4 Å². The predicted molar refractivity (Wildman–Crippen MR) is 101 cm³/mol. The topological polar surface area (TPSA) is 72.7 Å². The van der Waals surface area contributed by atoms with Crippen molar-refractivity contribution in [3.8, 4) is 5.75 Å². The maximum atomic E-state index is 12.6. The number of amides is 1. The molecule has 3 aromatic carbocycles. The van der Waals surface area contributed by atoms with Crippen molar-refractivity contribution in [2.45, 2.75) is 6.92 Å². The molecule has 1 amide bonds. The molecule has 0 aliphatic rings. The first-order chi connectivity index (χ1) is 12.6. The molecule has 0 bridgehead atoms. The number of hydrogen-bond acceptors (Lipinski definition) is 4. The number of non-ortho nitro benzene ring substituents is 1. The van der Waals surface area contributed by atoms with Gasteiger partial charge in [0.05, 0.1) is 4.92 Å². The maximum absolute atomic E-state index is 12.6. The molecule has 0 spiro atoms. The number of nitro groups is 1. The summed E-state index contributed by atoms with van der Waals surface area (Å²) in [6, 6.07) is 19.5. The van der Waals surface area contributed by atoms with E-state index in [-0.39, 0.29) is 18.2 Å². The molecule has 132 valence electrons. The molecule has 0 heterocycles.